The highest BCUT2D eigenvalue weighted by Gasteiger charge is 2.25. The average Bonchev–Trinajstić information content (AvgIpc) is 3.24. The van der Waals surface area contributed by atoms with Gasteiger partial charge in [-0.3, -0.25) is 4.79 Å². The molecule has 1 fully saturated rings. The zero-order chi connectivity index (χ0) is 23.7. The van der Waals surface area contributed by atoms with Crippen molar-refractivity contribution in [3.8, 4) is 16.9 Å². The van der Waals surface area contributed by atoms with E-state index < -0.39 is 18.0 Å². The maximum Gasteiger partial charge on any atom is 0.253 e. The van der Waals surface area contributed by atoms with Crippen molar-refractivity contribution in [2.24, 2.45) is 0 Å². The van der Waals surface area contributed by atoms with Gasteiger partial charge in [-0.2, -0.15) is 0 Å². The molecular formula is C24H22Cl2FN3O3. The Morgan fingerprint density at radius 2 is 1.97 bits per heavy atom. The minimum Gasteiger partial charge on any atom is -0.482 e. The lowest BCUT2D eigenvalue weighted by atomic mass is 10.0. The van der Waals surface area contributed by atoms with Gasteiger partial charge in [0.25, 0.3) is 5.91 Å². The summed E-state index contributed by atoms with van der Waals surface area (Å²) in [5.74, 6) is -0.254. The van der Waals surface area contributed by atoms with Crippen LogP contribution < -0.4 is 10.5 Å². The number of rotatable bonds is 5. The van der Waals surface area contributed by atoms with E-state index in [-0.39, 0.29) is 21.8 Å². The summed E-state index contributed by atoms with van der Waals surface area (Å²) in [5.41, 5.74) is 8.38. The lowest BCUT2D eigenvalue weighted by molar-refractivity contribution is 0.0765. The molecular weight excluding hydrogens is 468 g/mol. The molecule has 3 N–H and O–H groups in total. The smallest absolute Gasteiger partial charge is 0.253 e. The summed E-state index contributed by atoms with van der Waals surface area (Å²) in [6, 6.07) is 11.4. The molecule has 2 atom stereocenters. The van der Waals surface area contributed by atoms with E-state index in [1.165, 1.54) is 12.1 Å². The van der Waals surface area contributed by atoms with Gasteiger partial charge >= 0.3 is 0 Å². The molecule has 1 aromatic heterocycles. The number of ether oxygens (including phenoxy) is 1. The highest BCUT2D eigenvalue weighted by atomic mass is 35.5. The van der Waals surface area contributed by atoms with Gasteiger partial charge in [0.05, 0.1) is 11.1 Å². The van der Waals surface area contributed by atoms with Crippen molar-refractivity contribution in [3.63, 3.8) is 0 Å². The van der Waals surface area contributed by atoms with Crippen molar-refractivity contribution in [3.05, 3.63) is 75.7 Å². The summed E-state index contributed by atoms with van der Waals surface area (Å²) in [4.78, 5) is 18.4. The predicted molar refractivity (Wildman–Crippen MR) is 126 cm³/mol. The third kappa shape index (κ3) is 4.90. The highest BCUT2D eigenvalue weighted by Crippen LogP contribution is 2.37. The van der Waals surface area contributed by atoms with Crippen LogP contribution in [0.25, 0.3) is 11.1 Å². The second-order valence-electron chi connectivity index (χ2n) is 7.90. The molecule has 33 heavy (non-hydrogen) atoms. The van der Waals surface area contributed by atoms with Gasteiger partial charge in [-0.1, -0.05) is 35.3 Å². The molecule has 172 valence electrons. The van der Waals surface area contributed by atoms with E-state index in [1.807, 2.05) is 0 Å². The summed E-state index contributed by atoms with van der Waals surface area (Å²) in [7, 11) is 0. The van der Waals surface area contributed by atoms with Crippen molar-refractivity contribution < 1.29 is 19.0 Å². The Hall–Kier alpha value is -2.87. The number of benzene rings is 2. The fourth-order valence-corrected chi connectivity index (χ4v) is 4.46. The molecule has 6 nitrogen and oxygen atoms in total. The number of anilines is 1. The van der Waals surface area contributed by atoms with Crippen LogP contribution in [0, 0.1) is 5.82 Å². The Morgan fingerprint density at radius 1 is 1.24 bits per heavy atom. The fourth-order valence-electron chi connectivity index (χ4n) is 3.79. The number of amides is 1. The van der Waals surface area contributed by atoms with Crippen molar-refractivity contribution in [2.45, 2.75) is 25.6 Å². The average molecular weight is 490 g/mol. The number of aliphatic hydroxyl groups excluding tert-OH is 1. The van der Waals surface area contributed by atoms with Crippen molar-refractivity contribution in [2.75, 3.05) is 18.8 Å². The van der Waals surface area contributed by atoms with Gasteiger partial charge in [-0.15, -0.1) is 0 Å². The quantitative estimate of drug-likeness (QED) is 0.485. The highest BCUT2D eigenvalue weighted by molar-refractivity contribution is 6.36. The van der Waals surface area contributed by atoms with Crippen molar-refractivity contribution >= 4 is 34.9 Å². The zero-order valence-corrected chi connectivity index (χ0v) is 19.3. The number of carbonyl (C=O) groups excluding carboxylic acids is 1. The molecule has 1 saturated heterocycles. The molecule has 1 amide bonds. The topological polar surface area (TPSA) is 88.7 Å². The van der Waals surface area contributed by atoms with Gasteiger partial charge in [0.1, 0.15) is 11.9 Å². The van der Waals surface area contributed by atoms with E-state index >= 15 is 0 Å². The second-order valence-corrected chi connectivity index (χ2v) is 8.68. The zero-order valence-electron chi connectivity index (χ0n) is 17.8. The number of β-amino-alcohol motifs (C(OH)–C–C–N with tert-alkyl or cyclic N) is 1. The molecule has 0 saturated carbocycles. The molecule has 2 unspecified atom stereocenters. The molecule has 1 aliphatic rings. The fraction of sp³-hybridized carbons (Fsp3) is 0.250. The van der Waals surface area contributed by atoms with Gasteiger partial charge in [-0.25, -0.2) is 9.37 Å². The molecule has 0 aliphatic carbocycles. The van der Waals surface area contributed by atoms with Crippen LogP contribution in [-0.4, -0.2) is 40.1 Å². The summed E-state index contributed by atoms with van der Waals surface area (Å²) in [5, 5.41) is 9.83. The Morgan fingerprint density at radius 3 is 2.64 bits per heavy atom. The summed E-state index contributed by atoms with van der Waals surface area (Å²) in [6.45, 7) is 2.58. The maximum atomic E-state index is 13.9. The lowest BCUT2D eigenvalue weighted by Gasteiger charge is -2.19. The van der Waals surface area contributed by atoms with E-state index in [0.717, 1.165) is 11.1 Å². The number of hydrogen-bond donors (Lipinski definition) is 2. The Balaban J connectivity index is 1.55. The Bertz CT molecular complexity index is 1190. The van der Waals surface area contributed by atoms with E-state index in [4.69, 9.17) is 33.7 Å². The van der Waals surface area contributed by atoms with Crippen LogP contribution in [0.1, 0.15) is 35.4 Å². The third-order valence-corrected chi connectivity index (χ3v) is 6.30. The number of nitrogen functional groups attached to an aromatic ring is 1. The number of hydrogen-bond acceptors (Lipinski definition) is 5. The van der Waals surface area contributed by atoms with Crippen molar-refractivity contribution in [1.82, 2.24) is 9.88 Å². The number of likely N-dealkylation sites (tertiary alicyclic amines) is 1. The van der Waals surface area contributed by atoms with E-state index in [0.29, 0.717) is 36.4 Å². The first-order chi connectivity index (χ1) is 15.7. The largest absolute Gasteiger partial charge is 0.482 e. The van der Waals surface area contributed by atoms with Crippen LogP contribution in [-0.2, 0) is 0 Å². The molecule has 0 radical (unpaired) electrons. The Labute approximate surface area is 200 Å². The molecule has 4 rings (SSSR count). The van der Waals surface area contributed by atoms with Crippen molar-refractivity contribution in [1.29, 1.82) is 0 Å². The molecule has 2 aromatic carbocycles. The lowest BCUT2D eigenvalue weighted by Crippen LogP contribution is -2.29. The molecule has 1 aliphatic heterocycles. The third-order valence-electron chi connectivity index (χ3n) is 5.59. The van der Waals surface area contributed by atoms with Crippen LogP contribution in [0.4, 0.5) is 10.2 Å². The minimum absolute atomic E-state index is 0.108. The number of halogens is 3. The number of pyridine rings is 1. The first kappa shape index (κ1) is 23.3. The molecule has 3 aromatic rings. The van der Waals surface area contributed by atoms with Gasteiger partial charge in [0, 0.05) is 41.0 Å². The standard InChI is InChI=1S/C24H22Cl2FN3O3/c1-13(21-18(25)6-7-19(27)22(21)26)33-20-10-16(11-29-23(20)28)14-2-4-15(5-3-14)24(32)30-9-8-17(31)12-30/h2-7,10-11,13,17,31H,8-9,12H2,1H3,(H2,28,29). The predicted octanol–water partition coefficient (Wildman–Crippen LogP) is 5.12. The van der Waals surface area contributed by atoms with E-state index in [1.54, 1.807) is 48.4 Å². The van der Waals surface area contributed by atoms with Gasteiger partial charge in [-0.05, 0) is 49.2 Å². The molecule has 0 bridgehead atoms. The first-order valence-corrected chi connectivity index (χ1v) is 11.1. The summed E-state index contributed by atoms with van der Waals surface area (Å²) < 4.78 is 19.8. The second kappa shape index (κ2) is 9.55. The number of carbonyl (C=O) groups is 1. The van der Waals surface area contributed by atoms with Crippen LogP contribution in [0.15, 0.2) is 48.7 Å². The SMILES string of the molecule is CC(Oc1cc(-c2ccc(C(=O)N3CCC(O)C3)cc2)cnc1N)c1c(Cl)ccc(F)c1Cl. The molecule has 9 heteroatoms. The van der Waals surface area contributed by atoms with Crippen LogP contribution in [0.3, 0.4) is 0 Å². The van der Waals surface area contributed by atoms with E-state index in [9.17, 15) is 14.3 Å². The number of aliphatic hydroxyl groups is 1. The summed E-state index contributed by atoms with van der Waals surface area (Å²) >= 11 is 12.3. The van der Waals surface area contributed by atoms with Crippen LogP contribution in [0.2, 0.25) is 10.0 Å². The Kier molecular flexibility index (Phi) is 6.74. The minimum atomic E-state index is -0.684. The number of nitrogens with two attached hydrogens (primary N) is 1. The van der Waals surface area contributed by atoms with Crippen LogP contribution >= 0.6 is 23.2 Å². The summed E-state index contributed by atoms with van der Waals surface area (Å²) in [6.07, 6.45) is 1.04. The first-order valence-electron chi connectivity index (χ1n) is 10.4. The number of aromatic nitrogens is 1. The number of nitrogens with zero attached hydrogens (tertiary/aromatic N) is 2. The van der Waals surface area contributed by atoms with Gasteiger partial charge in [0.2, 0.25) is 0 Å². The van der Waals surface area contributed by atoms with Gasteiger partial charge < -0.3 is 20.5 Å². The van der Waals surface area contributed by atoms with Crippen LogP contribution in [0.5, 0.6) is 5.75 Å². The van der Waals surface area contributed by atoms with E-state index in [2.05, 4.69) is 4.98 Å². The van der Waals surface area contributed by atoms with Gasteiger partial charge in [0.15, 0.2) is 11.6 Å². The normalized spacial score (nSPS) is 16.6. The molecule has 2 heterocycles. The monoisotopic (exact) mass is 489 g/mol. The maximum absolute atomic E-state index is 13.9. The molecule has 0 spiro atoms.